The zero-order chi connectivity index (χ0) is 12.8. The van der Waals surface area contributed by atoms with Crippen molar-refractivity contribution in [2.45, 2.75) is 27.2 Å². The number of hydrogen-bond acceptors (Lipinski definition) is 4. The molecule has 0 saturated carbocycles. The van der Waals surface area contributed by atoms with E-state index in [2.05, 4.69) is 31.1 Å². The smallest absolute Gasteiger partial charge is 0.270 e. The second kappa shape index (κ2) is 6.71. The molecule has 0 radical (unpaired) electrons. The van der Waals surface area contributed by atoms with E-state index in [4.69, 9.17) is 5.73 Å². The number of nitrogens with zero attached hydrogens (tertiary/aromatic N) is 1. The highest BCUT2D eigenvalue weighted by Crippen LogP contribution is 2.11. The van der Waals surface area contributed by atoms with E-state index in [1.54, 1.807) is 5.38 Å². The Morgan fingerprint density at radius 1 is 1.53 bits per heavy atom. The third-order valence-corrected chi connectivity index (χ3v) is 3.77. The van der Waals surface area contributed by atoms with Crippen LogP contribution in [0.4, 0.5) is 0 Å². The molecule has 17 heavy (non-hydrogen) atoms. The Labute approximate surface area is 107 Å². The van der Waals surface area contributed by atoms with Gasteiger partial charge in [-0.05, 0) is 18.4 Å². The Morgan fingerprint density at radius 3 is 2.82 bits per heavy atom. The minimum absolute atomic E-state index is 0.0861. The molecule has 4 nitrogen and oxygen atoms in total. The van der Waals surface area contributed by atoms with E-state index in [1.165, 1.54) is 11.3 Å². The number of amides is 1. The Balaban J connectivity index is 2.46. The number of hydrogen-bond donors (Lipinski definition) is 2. The van der Waals surface area contributed by atoms with Gasteiger partial charge in [0.25, 0.3) is 5.91 Å². The zero-order valence-corrected chi connectivity index (χ0v) is 11.5. The van der Waals surface area contributed by atoms with Crippen LogP contribution in [0, 0.1) is 11.8 Å². The second-order valence-electron chi connectivity index (χ2n) is 4.60. The molecule has 0 aliphatic heterocycles. The van der Waals surface area contributed by atoms with Gasteiger partial charge >= 0.3 is 0 Å². The van der Waals surface area contributed by atoms with Crippen molar-refractivity contribution in [3.8, 4) is 0 Å². The topological polar surface area (TPSA) is 68.0 Å². The first-order valence-corrected chi connectivity index (χ1v) is 6.85. The van der Waals surface area contributed by atoms with Crippen LogP contribution in [0.5, 0.6) is 0 Å². The van der Waals surface area contributed by atoms with Crippen LogP contribution in [0.15, 0.2) is 5.38 Å². The normalized spacial score (nSPS) is 12.8. The number of thiazole rings is 1. The van der Waals surface area contributed by atoms with E-state index in [-0.39, 0.29) is 5.91 Å². The molecule has 3 N–H and O–H groups in total. The Bertz CT molecular complexity index is 362. The Kier molecular flexibility index (Phi) is 5.58. The van der Waals surface area contributed by atoms with Crippen molar-refractivity contribution >= 4 is 17.2 Å². The van der Waals surface area contributed by atoms with Crippen LogP contribution in [-0.2, 0) is 6.42 Å². The molecule has 96 valence electrons. The average molecular weight is 255 g/mol. The van der Waals surface area contributed by atoms with Crippen molar-refractivity contribution in [1.29, 1.82) is 0 Å². The quantitative estimate of drug-likeness (QED) is 0.812. The highest BCUT2D eigenvalue weighted by molar-refractivity contribution is 7.09. The van der Waals surface area contributed by atoms with Gasteiger partial charge in [-0.25, -0.2) is 4.98 Å². The lowest BCUT2D eigenvalue weighted by atomic mass is 9.98. The van der Waals surface area contributed by atoms with E-state index in [0.717, 1.165) is 11.4 Å². The first-order valence-electron chi connectivity index (χ1n) is 5.97. The number of rotatable bonds is 6. The molecular formula is C12H21N3OS. The van der Waals surface area contributed by atoms with Gasteiger partial charge in [0, 0.05) is 18.3 Å². The van der Waals surface area contributed by atoms with Crippen molar-refractivity contribution in [2.24, 2.45) is 17.6 Å². The fourth-order valence-electron chi connectivity index (χ4n) is 1.23. The first kappa shape index (κ1) is 14.1. The molecule has 1 rings (SSSR count). The van der Waals surface area contributed by atoms with E-state index in [0.29, 0.717) is 30.6 Å². The molecule has 1 amide bonds. The fraction of sp³-hybridized carbons (Fsp3) is 0.667. The summed E-state index contributed by atoms with van der Waals surface area (Å²) in [5, 5.41) is 5.63. The van der Waals surface area contributed by atoms with Gasteiger partial charge in [-0.3, -0.25) is 4.79 Å². The van der Waals surface area contributed by atoms with Crippen molar-refractivity contribution in [2.75, 3.05) is 13.1 Å². The third-order valence-electron chi connectivity index (χ3n) is 2.87. The van der Waals surface area contributed by atoms with Gasteiger partial charge in [0.2, 0.25) is 0 Å². The van der Waals surface area contributed by atoms with Gasteiger partial charge in [0.15, 0.2) is 0 Å². The maximum absolute atomic E-state index is 11.8. The summed E-state index contributed by atoms with van der Waals surface area (Å²) in [6.07, 6.45) is 0.736. The Hall–Kier alpha value is -0.940. The number of nitrogens with one attached hydrogen (secondary N) is 1. The minimum Gasteiger partial charge on any atom is -0.350 e. The molecule has 1 aromatic heterocycles. The number of aromatic nitrogens is 1. The predicted molar refractivity (Wildman–Crippen MR) is 71.2 cm³/mol. The van der Waals surface area contributed by atoms with Gasteiger partial charge in [-0.2, -0.15) is 0 Å². The van der Waals surface area contributed by atoms with Crippen LogP contribution in [0.2, 0.25) is 0 Å². The fourth-order valence-corrected chi connectivity index (χ4v) is 2.03. The number of nitrogens with two attached hydrogens (primary N) is 1. The highest BCUT2D eigenvalue weighted by atomic mass is 32.1. The molecule has 1 atom stereocenters. The second-order valence-corrected chi connectivity index (χ2v) is 5.54. The largest absolute Gasteiger partial charge is 0.350 e. The van der Waals surface area contributed by atoms with Crippen LogP contribution < -0.4 is 11.1 Å². The number of carbonyl (C=O) groups excluding carboxylic acids is 1. The number of carbonyl (C=O) groups is 1. The lowest BCUT2D eigenvalue weighted by molar-refractivity contribution is 0.0940. The molecule has 0 aliphatic rings. The molecule has 1 heterocycles. The van der Waals surface area contributed by atoms with Crippen molar-refractivity contribution in [3.05, 3.63) is 16.1 Å². The van der Waals surface area contributed by atoms with Crippen molar-refractivity contribution in [1.82, 2.24) is 10.3 Å². The molecule has 1 aromatic rings. The van der Waals surface area contributed by atoms with Crippen LogP contribution in [0.1, 0.15) is 36.3 Å². The molecule has 0 saturated heterocycles. The maximum atomic E-state index is 11.8. The van der Waals surface area contributed by atoms with Gasteiger partial charge < -0.3 is 11.1 Å². The molecule has 0 aromatic carbocycles. The average Bonchev–Trinajstić information content (AvgIpc) is 2.74. The van der Waals surface area contributed by atoms with E-state index in [1.807, 2.05) is 0 Å². The van der Waals surface area contributed by atoms with Gasteiger partial charge in [0.1, 0.15) is 5.69 Å². The standard InChI is InChI=1S/C12H21N3OS/c1-8(2)9(3)6-14-12(16)10-7-17-11(15-10)4-5-13/h7-9H,4-6,13H2,1-3H3,(H,14,16). The van der Waals surface area contributed by atoms with E-state index >= 15 is 0 Å². The van der Waals surface area contributed by atoms with Gasteiger partial charge in [0.05, 0.1) is 5.01 Å². The van der Waals surface area contributed by atoms with Crippen LogP contribution in [0.25, 0.3) is 0 Å². The monoisotopic (exact) mass is 255 g/mol. The Morgan fingerprint density at radius 2 is 2.24 bits per heavy atom. The lowest BCUT2D eigenvalue weighted by Gasteiger charge is -2.15. The van der Waals surface area contributed by atoms with Crippen LogP contribution in [-0.4, -0.2) is 24.0 Å². The lowest BCUT2D eigenvalue weighted by Crippen LogP contribution is -2.30. The molecule has 1 unspecified atom stereocenters. The summed E-state index contributed by atoms with van der Waals surface area (Å²) in [5.74, 6) is 0.955. The van der Waals surface area contributed by atoms with Crippen molar-refractivity contribution in [3.63, 3.8) is 0 Å². The summed E-state index contributed by atoms with van der Waals surface area (Å²) in [4.78, 5) is 16.0. The van der Waals surface area contributed by atoms with Gasteiger partial charge in [-0.15, -0.1) is 11.3 Å². The molecule has 5 heteroatoms. The summed E-state index contributed by atoms with van der Waals surface area (Å²) in [6, 6.07) is 0. The predicted octanol–water partition coefficient (Wildman–Crippen LogP) is 1.67. The van der Waals surface area contributed by atoms with Gasteiger partial charge in [-0.1, -0.05) is 20.8 Å². The SMILES string of the molecule is CC(C)C(C)CNC(=O)c1csc(CCN)n1. The van der Waals surface area contributed by atoms with Crippen LogP contribution in [0.3, 0.4) is 0 Å². The molecule has 0 spiro atoms. The summed E-state index contributed by atoms with van der Waals surface area (Å²) >= 11 is 1.49. The zero-order valence-electron chi connectivity index (χ0n) is 10.7. The minimum atomic E-state index is -0.0861. The highest BCUT2D eigenvalue weighted by Gasteiger charge is 2.13. The summed E-state index contributed by atoms with van der Waals surface area (Å²) in [7, 11) is 0. The summed E-state index contributed by atoms with van der Waals surface area (Å²) in [6.45, 7) is 7.70. The summed E-state index contributed by atoms with van der Waals surface area (Å²) in [5.41, 5.74) is 5.95. The van der Waals surface area contributed by atoms with E-state index in [9.17, 15) is 4.79 Å². The first-order chi connectivity index (χ1) is 8.04. The molecular weight excluding hydrogens is 234 g/mol. The third kappa shape index (κ3) is 4.44. The van der Waals surface area contributed by atoms with Crippen LogP contribution >= 0.6 is 11.3 Å². The van der Waals surface area contributed by atoms with Crippen molar-refractivity contribution < 1.29 is 4.79 Å². The molecule has 0 aliphatic carbocycles. The molecule has 0 fully saturated rings. The van der Waals surface area contributed by atoms with E-state index < -0.39 is 0 Å². The molecule has 0 bridgehead atoms. The maximum Gasteiger partial charge on any atom is 0.270 e. The summed E-state index contributed by atoms with van der Waals surface area (Å²) < 4.78 is 0.